The van der Waals surface area contributed by atoms with Crippen LogP contribution in [0.15, 0.2) is 18.2 Å². The van der Waals surface area contributed by atoms with Gasteiger partial charge in [0.2, 0.25) is 0 Å². The molecular formula is C16H24N2O2. The van der Waals surface area contributed by atoms with Gasteiger partial charge in [0.05, 0.1) is 12.8 Å². The van der Waals surface area contributed by atoms with E-state index in [0.717, 1.165) is 30.8 Å². The molecule has 0 atom stereocenters. The molecule has 0 saturated heterocycles. The Bertz CT molecular complexity index is 470. The first-order valence-corrected chi connectivity index (χ1v) is 7.34. The molecule has 0 bridgehead atoms. The second-order valence-corrected chi connectivity index (χ2v) is 5.52. The van der Waals surface area contributed by atoms with Crippen LogP contribution in [0.5, 0.6) is 5.75 Å². The summed E-state index contributed by atoms with van der Waals surface area (Å²) in [6, 6.07) is 5.78. The lowest BCUT2D eigenvalue weighted by molar-refractivity contribution is 0.209. The third-order valence-electron chi connectivity index (χ3n) is 3.55. The van der Waals surface area contributed by atoms with E-state index in [1.165, 1.54) is 12.8 Å². The van der Waals surface area contributed by atoms with Gasteiger partial charge in [-0.25, -0.2) is 4.79 Å². The van der Waals surface area contributed by atoms with Gasteiger partial charge in [0, 0.05) is 13.1 Å². The fourth-order valence-electron chi connectivity index (χ4n) is 2.27. The highest BCUT2D eigenvalue weighted by Crippen LogP contribution is 2.30. The summed E-state index contributed by atoms with van der Waals surface area (Å²) in [5.74, 6) is 1.40. The van der Waals surface area contributed by atoms with Gasteiger partial charge in [-0.2, -0.15) is 0 Å². The smallest absolute Gasteiger partial charge is 0.321 e. The Morgan fingerprint density at radius 2 is 2.20 bits per heavy atom. The van der Waals surface area contributed by atoms with E-state index in [1.807, 2.05) is 30.0 Å². The maximum absolute atomic E-state index is 12.4. The van der Waals surface area contributed by atoms with Gasteiger partial charge in [-0.3, -0.25) is 0 Å². The zero-order valence-electron chi connectivity index (χ0n) is 12.6. The molecule has 2 amide bonds. The maximum Gasteiger partial charge on any atom is 0.321 e. The molecule has 0 unspecified atom stereocenters. The van der Waals surface area contributed by atoms with E-state index in [1.54, 1.807) is 7.11 Å². The van der Waals surface area contributed by atoms with Crippen molar-refractivity contribution in [2.24, 2.45) is 5.92 Å². The zero-order chi connectivity index (χ0) is 14.5. The number of rotatable bonds is 6. The largest absolute Gasteiger partial charge is 0.495 e. The summed E-state index contributed by atoms with van der Waals surface area (Å²) in [7, 11) is 1.62. The number of urea groups is 1. The van der Waals surface area contributed by atoms with Crippen LogP contribution in [0, 0.1) is 12.8 Å². The lowest BCUT2D eigenvalue weighted by atomic mass is 10.2. The fourth-order valence-corrected chi connectivity index (χ4v) is 2.27. The fraction of sp³-hybridized carbons (Fsp3) is 0.562. The summed E-state index contributed by atoms with van der Waals surface area (Å²) in [6.45, 7) is 5.77. The van der Waals surface area contributed by atoms with Crippen LogP contribution in [0.4, 0.5) is 10.5 Å². The number of carbonyl (C=O) groups excluding carboxylic acids is 1. The van der Waals surface area contributed by atoms with Gasteiger partial charge in [-0.1, -0.05) is 13.0 Å². The normalized spacial score (nSPS) is 13.9. The van der Waals surface area contributed by atoms with E-state index >= 15 is 0 Å². The van der Waals surface area contributed by atoms with Crippen LogP contribution in [0.3, 0.4) is 0 Å². The SMILES string of the molecule is CCCN(CC1CC1)C(=O)Nc1cc(C)ccc1OC. The second kappa shape index (κ2) is 6.64. The molecule has 2 rings (SSSR count). The van der Waals surface area contributed by atoms with Crippen molar-refractivity contribution >= 4 is 11.7 Å². The molecule has 1 aromatic rings. The monoisotopic (exact) mass is 276 g/mol. The number of nitrogens with one attached hydrogen (secondary N) is 1. The summed E-state index contributed by atoms with van der Waals surface area (Å²) in [4.78, 5) is 14.3. The Labute approximate surface area is 121 Å². The molecule has 1 aliphatic carbocycles. The lowest BCUT2D eigenvalue weighted by Gasteiger charge is -2.23. The van der Waals surface area contributed by atoms with E-state index in [2.05, 4.69) is 12.2 Å². The van der Waals surface area contributed by atoms with E-state index in [9.17, 15) is 4.79 Å². The Balaban J connectivity index is 2.06. The number of hydrogen-bond acceptors (Lipinski definition) is 2. The number of amides is 2. The first kappa shape index (κ1) is 14.7. The summed E-state index contributed by atoms with van der Waals surface area (Å²) in [5.41, 5.74) is 1.85. The Morgan fingerprint density at radius 3 is 2.80 bits per heavy atom. The van der Waals surface area contributed by atoms with Crippen molar-refractivity contribution in [2.75, 3.05) is 25.5 Å². The standard InChI is InChI=1S/C16H24N2O2/c1-4-9-18(11-13-6-7-13)16(19)17-14-10-12(2)5-8-15(14)20-3/h5,8,10,13H,4,6-7,9,11H2,1-3H3,(H,17,19). The minimum Gasteiger partial charge on any atom is -0.495 e. The van der Waals surface area contributed by atoms with Crippen molar-refractivity contribution in [1.29, 1.82) is 0 Å². The number of ether oxygens (including phenoxy) is 1. The minimum atomic E-state index is -0.0253. The van der Waals surface area contributed by atoms with Gasteiger partial charge < -0.3 is 15.0 Å². The molecule has 1 aliphatic rings. The highest BCUT2D eigenvalue weighted by molar-refractivity contribution is 5.91. The van der Waals surface area contributed by atoms with Crippen LogP contribution in [-0.4, -0.2) is 31.1 Å². The number of nitrogens with zero attached hydrogens (tertiary/aromatic N) is 1. The molecule has 1 N–H and O–H groups in total. The molecule has 0 aromatic heterocycles. The van der Waals surface area contributed by atoms with Crippen molar-refractivity contribution in [3.05, 3.63) is 23.8 Å². The molecule has 0 aliphatic heterocycles. The molecule has 1 aromatic carbocycles. The average Bonchev–Trinajstić information content (AvgIpc) is 3.22. The summed E-state index contributed by atoms with van der Waals surface area (Å²) < 4.78 is 5.30. The van der Waals surface area contributed by atoms with Gasteiger partial charge in [-0.05, 0) is 49.8 Å². The van der Waals surface area contributed by atoms with Crippen LogP contribution < -0.4 is 10.1 Å². The van der Waals surface area contributed by atoms with Crippen molar-refractivity contribution < 1.29 is 9.53 Å². The number of anilines is 1. The number of methoxy groups -OCH3 is 1. The van der Waals surface area contributed by atoms with Gasteiger partial charge >= 0.3 is 6.03 Å². The topological polar surface area (TPSA) is 41.6 Å². The van der Waals surface area contributed by atoms with Crippen molar-refractivity contribution in [3.63, 3.8) is 0 Å². The van der Waals surface area contributed by atoms with Crippen molar-refractivity contribution in [1.82, 2.24) is 4.90 Å². The summed E-state index contributed by atoms with van der Waals surface area (Å²) >= 11 is 0. The Hall–Kier alpha value is -1.71. The molecule has 0 heterocycles. The highest BCUT2D eigenvalue weighted by Gasteiger charge is 2.26. The number of hydrogen-bond donors (Lipinski definition) is 1. The van der Waals surface area contributed by atoms with E-state index in [-0.39, 0.29) is 6.03 Å². The van der Waals surface area contributed by atoms with Gasteiger partial charge in [0.15, 0.2) is 0 Å². The number of carbonyl (C=O) groups is 1. The highest BCUT2D eigenvalue weighted by atomic mass is 16.5. The molecule has 0 radical (unpaired) electrons. The number of aryl methyl sites for hydroxylation is 1. The average molecular weight is 276 g/mol. The van der Waals surface area contributed by atoms with Crippen LogP contribution in [0.1, 0.15) is 31.7 Å². The molecule has 20 heavy (non-hydrogen) atoms. The Morgan fingerprint density at radius 1 is 1.45 bits per heavy atom. The zero-order valence-corrected chi connectivity index (χ0v) is 12.6. The molecule has 1 saturated carbocycles. The first-order chi connectivity index (χ1) is 9.63. The molecule has 4 nitrogen and oxygen atoms in total. The van der Waals surface area contributed by atoms with Crippen molar-refractivity contribution in [2.45, 2.75) is 33.1 Å². The number of benzene rings is 1. The van der Waals surface area contributed by atoms with Crippen molar-refractivity contribution in [3.8, 4) is 5.75 Å². The molecule has 4 heteroatoms. The van der Waals surface area contributed by atoms with Gasteiger partial charge in [0.25, 0.3) is 0 Å². The van der Waals surface area contributed by atoms with E-state index in [0.29, 0.717) is 11.7 Å². The molecule has 1 fully saturated rings. The quantitative estimate of drug-likeness (QED) is 0.861. The molecular weight excluding hydrogens is 252 g/mol. The summed E-state index contributed by atoms with van der Waals surface area (Å²) in [5, 5.41) is 2.98. The van der Waals surface area contributed by atoms with E-state index < -0.39 is 0 Å². The summed E-state index contributed by atoms with van der Waals surface area (Å²) in [6.07, 6.45) is 3.48. The third kappa shape index (κ3) is 3.89. The third-order valence-corrected chi connectivity index (χ3v) is 3.55. The second-order valence-electron chi connectivity index (χ2n) is 5.52. The first-order valence-electron chi connectivity index (χ1n) is 7.34. The van der Waals surface area contributed by atoms with E-state index in [4.69, 9.17) is 4.74 Å². The molecule has 110 valence electrons. The van der Waals surface area contributed by atoms with Crippen LogP contribution in [-0.2, 0) is 0 Å². The molecule has 0 spiro atoms. The minimum absolute atomic E-state index is 0.0253. The van der Waals surface area contributed by atoms with Crippen LogP contribution in [0.25, 0.3) is 0 Å². The predicted molar refractivity (Wildman–Crippen MR) is 81.3 cm³/mol. The maximum atomic E-state index is 12.4. The Kier molecular flexibility index (Phi) is 4.88. The lowest BCUT2D eigenvalue weighted by Crippen LogP contribution is -2.37. The van der Waals surface area contributed by atoms with Crippen LogP contribution >= 0.6 is 0 Å². The predicted octanol–water partition coefficient (Wildman–Crippen LogP) is 3.66. The van der Waals surface area contributed by atoms with Gasteiger partial charge in [0.1, 0.15) is 5.75 Å². The van der Waals surface area contributed by atoms with Crippen LogP contribution in [0.2, 0.25) is 0 Å². The van der Waals surface area contributed by atoms with Gasteiger partial charge in [-0.15, -0.1) is 0 Å².